The first kappa shape index (κ1) is 13.2. The molecule has 0 saturated heterocycles. The molecule has 1 amide bonds. The summed E-state index contributed by atoms with van der Waals surface area (Å²) < 4.78 is 15.1. The van der Waals surface area contributed by atoms with Crippen LogP contribution in [0.2, 0.25) is 0 Å². The summed E-state index contributed by atoms with van der Waals surface area (Å²) in [5.74, 6) is 1.20. The van der Waals surface area contributed by atoms with Gasteiger partial charge in [-0.2, -0.15) is 0 Å². The third-order valence-electron chi connectivity index (χ3n) is 1.94. The number of rotatable bonds is 4. The van der Waals surface area contributed by atoms with E-state index in [2.05, 4.69) is 5.32 Å². The molecule has 17 heavy (non-hydrogen) atoms. The number of nitrogens with one attached hydrogen (secondary N) is 1. The second-order valence-electron chi connectivity index (χ2n) is 3.68. The van der Waals surface area contributed by atoms with Crippen LogP contribution in [0, 0.1) is 0 Å². The van der Waals surface area contributed by atoms with E-state index in [0.29, 0.717) is 17.2 Å². The fraction of sp³-hybridized carbons (Fsp3) is 0.417. The van der Waals surface area contributed by atoms with E-state index >= 15 is 0 Å². The van der Waals surface area contributed by atoms with Gasteiger partial charge in [-0.3, -0.25) is 5.32 Å². The molecule has 1 aromatic rings. The average Bonchev–Trinajstić information content (AvgIpc) is 2.27. The van der Waals surface area contributed by atoms with Gasteiger partial charge in [0.15, 0.2) is 0 Å². The Bertz CT molecular complexity index is 368. The summed E-state index contributed by atoms with van der Waals surface area (Å²) in [5.41, 5.74) is 0.562. The fourth-order valence-corrected chi connectivity index (χ4v) is 1.24. The fourth-order valence-electron chi connectivity index (χ4n) is 1.24. The first-order chi connectivity index (χ1) is 8.05. The molecule has 5 nitrogen and oxygen atoms in total. The van der Waals surface area contributed by atoms with E-state index < -0.39 is 6.09 Å². The molecular weight excluding hydrogens is 222 g/mol. The van der Waals surface area contributed by atoms with Gasteiger partial charge in [0.25, 0.3) is 0 Å². The third kappa shape index (κ3) is 4.22. The molecule has 0 aliphatic carbocycles. The van der Waals surface area contributed by atoms with Crippen molar-refractivity contribution in [3.63, 3.8) is 0 Å². The topological polar surface area (TPSA) is 56.8 Å². The maximum Gasteiger partial charge on any atom is 0.411 e. The van der Waals surface area contributed by atoms with Gasteiger partial charge in [-0.25, -0.2) is 4.79 Å². The van der Waals surface area contributed by atoms with Gasteiger partial charge >= 0.3 is 6.09 Å². The number of hydrogen-bond acceptors (Lipinski definition) is 4. The van der Waals surface area contributed by atoms with Crippen LogP contribution in [-0.2, 0) is 4.74 Å². The van der Waals surface area contributed by atoms with Gasteiger partial charge in [-0.15, -0.1) is 0 Å². The zero-order valence-electron chi connectivity index (χ0n) is 10.4. The van der Waals surface area contributed by atoms with Crippen molar-refractivity contribution in [2.24, 2.45) is 0 Å². The van der Waals surface area contributed by atoms with Crippen molar-refractivity contribution in [2.75, 3.05) is 19.5 Å². The number of anilines is 1. The van der Waals surface area contributed by atoms with Gasteiger partial charge in [0.05, 0.1) is 26.0 Å². The molecule has 94 valence electrons. The van der Waals surface area contributed by atoms with E-state index in [1.807, 2.05) is 0 Å². The van der Waals surface area contributed by atoms with E-state index in [1.165, 1.54) is 0 Å². The lowest BCUT2D eigenvalue weighted by molar-refractivity contribution is 0.130. The molecule has 0 bridgehead atoms. The van der Waals surface area contributed by atoms with Crippen molar-refractivity contribution in [3.05, 3.63) is 18.2 Å². The smallest absolute Gasteiger partial charge is 0.411 e. The summed E-state index contributed by atoms with van der Waals surface area (Å²) in [6.45, 7) is 3.57. The molecule has 0 atom stereocenters. The Hall–Kier alpha value is -1.91. The predicted octanol–water partition coefficient (Wildman–Crippen LogP) is 2.66. The van der Waals surface area contributed by atoms with Gasteiger partial charge < -0.3 is 14.2 Å². The minimum atomic E-state index is -0.504. The van der Waals surface area contributed by atoms with Crippen molar-refractivity contribution >= 4 is 11.8 Å². The Morgan fingerprint density at radius 1 is 1.12 bits per heavy atom. The third-order valence-corrected chi connectivity index (χ3v) is 1.94. The Morgan fingerprint density at radius 3 is 2.06 bits per heavy atom. The van der Waals surface area contributed by atoms with Crippen LogP contribution >= 0.6 is 0 Å². The lowest BCUT2D eigenvalue weighted by atomic mass is 10.3. The highest BCUT2D eigenvalue weighted by atomic mass is 16.6. The summed E-state index contributed by atoms with van der Waals surface area (Å²) in [6, 6.07) is 5.09. The van der Waals surface area contributed by atoms with Crippen molar-refractivity contribution in [3.8, 4) is 11.5 Å². The van der Waals surface area contributed by atoms with E-state index in [9.17, 15) is 4.79 Å². The van der Waals surface area contributed by atoms with Crippen LogP contribution in [0.1, 0.15) is 13.8 Å². The molecular formula is C12H17NO4. The molecule has 1 aromatic carbocycles. The Labute approximate surface area is 101 Å². The van der Waals surface area contributed by atoms with Crippen LogP contribution in [0.5, 0.6) is 11.5 Å². The Balaban J connectivity index is 2.79. The SMILES string of the molecule is COc1cc(NC(=O)OC(C)C)cc(OC)c1. The number of carbonyl (C=O) groups excluding carboxylic acids is 1. The lowest BCUT2D eigenvalue weighted by Gasteiger charge is -2.11. The molecule has 0 fully saturated rings. The highest BCUT2D eigenvalue weighted by Gasteiger charge is 2.08. The number of carbonyl (C=O) groups is 1. The number of benzene rings is 1. The monoisotopic (exact) mass is 239 g/mol. The van der Waals surface area contributed by atoms with Crippen LogP contribution < -0.4 is 14.8 Å². The van der Waals surface area contributed by atoms with E-state index in [1.54, 1.807) is 46.3 Å². The quantitative estimate of drug-likeness (QED) is 0.877. The summed E-state index contributed by atoms with van der Waals surface area (Å²) >= 11 is 0. The van der Waals surface area contributed by atoms with Crippen LogP contribution in [0.15, 0.2) is 18.2 Å². The number of hydrogen-bond donors (Lipinski definition) is 1. The predicted molar refractivity (Wildman–Crippen MR) is 64.8 cm³/mol. The molecule has 0 aliphatic heterocycles. The molecule has 0 spiro atoms. The standard InChI is InChI=1S/C12H17NO4/c1-8(2)17-12(14)13-9-5-10(15-3)7-11(6-9)16-4/h5-8H,1-4H3,(H,13,14). The molecule has 0 aliphatic rings. The summed E-state index contributed by atoms with van der Waals surface area (Å²) in [4.78, 5) is 11.4. The van der Waals surface area contributed by atoms with Crippen LogP contribution in [0.3, 0.4) is 0 Å². The number of amides is 1. The van der Waals surface area contributed by atoms with Crippen LogP contribution in [0.25, 0.3) is 0 Å². The Kier molecular flexibility index (Phi) is 4.63. The normalized spacial score (nSPS) is 9.94. The summed E-state index contributed by atoms with van der Waals surface area (Å²) in [5, 5.41) is 2.60. The minimum absolute atomic E-state index is 0.164. The second-order valence-corrected chi connectivity index (χ2v) is 3.68. The second kappa shape index (κ2) is 5.98. The number of ether oxygens (including phenoxy) is 3. The molecule has 0 aromatic heterocycles. The lowest BCUT2D eigenvalue weighted by Crippen LogP contribution is -2.18. The molecule has 5 heteroatoms. The Morgan fingerprint density at radius 2 is 1.65 bits per heavy atom. The van der Waals surface area contributed by atoms with Gasteiger partial charge in [-0.05, 0) is 13.8 Å². The van der Waals surface area contributed by atoms with Gasteiger partial charge in [-0.1, -0.05) is 0 Å². The van der Waals surface area contributed by atoms with Crippen LogP contribution in [0.4, 0.5) is 10.5 Å². The molecule has 1 rings (SSSR count). The molecule has 0 radical (unpaired) electrons. The zero-order chi connectivity index (χ0) is 12.8. The van der Waals surface area contributed by atoms with E-state index in [0.717, 1.165) is 0 Å². The highest BCUT2D eigenvalue weighted by Crippen LogP contribution is 2.25. The van der Waals surface area contributed by atoms with Gasteiger partial charge in [0.1, 0.15) is 11.5 Å². The molecule has 0 saturated carbocycles. The largest absolute Gasteiger partial charge is 0.497 e. The molecule has 0 unspecified atom stereocenters. The average molecular weight is 239 g/mol. The molecule has 0 heterocycles. The first-order valence-electron chi connectivity index (χ1n) is 5.26. The number of methoxy groups -OCH3 is 2. The highest BCUT2D eigenvalue weighted by molar-refractivity contribution is 5.85. The van der Waals surface area contributed by atoms with E-state index in [4.69, 9.17) is 14.2 Å². The van der Waals surface area contributed by atoms with Crippen molar-refractivity contribution in [1.29, 1.82) is 0 Å². The minimum Gasteiger partial charge on any atom is -0.497 e. The van der Waals surface area contributed by atoms with Crippen molar-refractivity contribution < 1.29 is 19.0 Å². The molecule has 1 N–H and O–H groups in total. The van der Waals surface area contributed by atoms with Crippen molar-refractivity contribution in [2.45, 2.75) is 20.0 Å². The van der Waals surface area contributed by atoms with Gasteiger partial charge in [0, 0.05) is 18.2 Å². The van der Waals surface area contributed by atoms with Crippen molar-refractivity contribution in [1.82, 2.24) is 0 Å². The first-order valence-corrected chi connectivity index (χ1v) is 5.26. The summed E-state index contributed by atoms with van der Waals surface area (Å²) in [7, 11) is 3.09. The maximum absolute atomic E-state index is 11.4. The van der Waals surface area contributed by atoms with Crippen LogP contribution in [-0.4, -0.2) is 26.4 Å². The maximum atomic E-state index is 11.4. The zero-order valence-corrected chi connectivity index (χ0v) is 10.4. The van der Waals surface area contributed by atoms with E-state index in [-0.39, 0.29) is 6.10 Å². The summed E-state index contributed by atoms with van der Waals surface area (Å²) in [6.07, 6.45) is -0.669. The van der Waals surface area contributed by atoms with Gasteiger partial charge in [0.2, 0.25) is 0 Å².